The van der Waals surface area contributed by atoms with E-state index in [0.717, 1.165) is 62.0 Å². The molecule has 4 aliphatic rings. The summed E-state index contributed by atoms with van der Waals surface area (Å²) in [6.45, 7) is 7.98. The van der Waals surface area contributed by atoms with E-state index in [4.69, 9.17) is 31.0 Å². The van der Waals surface area contributed by atoms with Gasteiger partial charge in [0.15, 0.2) is 0 Å². The molecule has 3 fully saturated rings. The third kappa shape index (κ3) is 5.31. The number of hydrogen-bond donors (Lipinski definition) is 1. The van der Waals surface area contributed by atoms with Crippen LogP contribution in [0.5, 0.6) is 5.75 Å². The first kappa shape index (κ1) is 20.7. The van der Waals surface area contributed by atoms with Gasteiger partial charge in [-0.2, -0.15) is 0 Å². The first-order valence-corrected chi connectivity index (χ1v) is 10.7. The van der Waals surface area contributed by atoms with Gasteiger partial charge in [0.2, 0.25) is 0 Å². The van der Waals surface area contributed by atoms with Crippen molar-refractivity contribution in [3.05, 3.63) is 34.4 Å². The molecular formula is C22H29ClN2O4. The average Bonchev–Trinajstić information content (AvgIpc) is 3.52. The normalized spacial score (nSPS) is 26.9. The minimum absolute atomic E-state index is 0.555. The van der Waals surface area contributed by atoms with Crippen molar-refractivity contribution in [2.45, 2.75) is 31.8 Å². The van der Waals surface area contributed by atoms with Crippen molar-refractivity contribution in [2.24, 2.45) is 5.92 Å². The van der Waals surface area contributed by atoms with Crippen LogP contribution in [0.2, 0.25) is 5.02 Å². The second-order valence-electron chi connectivity index (χ2n) is 8.36. The summed E-state index contributed by atoms with van der Waals surface area (Å²) in [6, 6.07) is 7.06. The van der Waals surface area contributed by atoms with Gasteiger partial charge >= 0.3 is 0 Å². The monoisotopic (exact) mass is 420 g/mol. The van der Waals surface area contributed by atoms with Gasteiger partial charge in [-0.3, -0.25) is 14.6 Å². The Morgan fingerprint density at radius 2 is 2.07 bits per heavy atom. The Kier molecular flexibility index (Phi) is 6.44. The molecule has 2 saturated heterocycles. The Bertz CT molecular complexity index is 776. The van der Waals surface area contributed by atoms with E-state index in [-0.39, 0.29) is 0 Å². The van der Waals surface area contributed by atoms with E-state index in [0.29, 0.717) is 18.7 Å². The number of halogens is 1. The zero-order chi connectivity index (χ0) is 20.4. The van der Waals surface area contributed by atoms with Crippen LogP contribution in [-0.4, -0.2) is 79.0 Å². The summed E-state index contributed by atoms with van der Waals surface area (Å²) in [6.07, 6.45) is 5.04. The number of benzene rings is 1. The molecule has 0 radical (unpaired) electrons. The van der Waals surface area contributed by atoms with Crippen molar-refractivity contribution < 1.29 is 19.4 Å². The van der Waals surface area contributed by atoms with Gasteiger partial charge in [-0.15, -0.1) is 0 Å². The molecule has 1 aromatic rings. The molecule has 29 heavy (non-hydrogen) atoms. The van der Waals surface area contributed by atoms with Crippen LogP contribution >= 0.6 is 11.6 Å². The maximum Gasteiger partial charge on any atom is 0.300 e. The third-order valence-electron chi connectivity index (χ3n) is 5.97. The molecule has 0 amide bonds. The summed E-state index contributed by atoms with van der Waals surface area (Å²) in [7, 11) is 0. The molecule has 6 nitrogen and oxygen atoms in total. The van der Waals surface area contributed by atoms with Crippen molar-refractivity contribution >= 4 is 23.6 Å². The van der Waals surface area contributed by atoms with Crippen LogP contribution in [0.15, 0.2) is 23.8 Å². The van der Waals surface area contributed by atoms with Crippen molar-refractivity contribution in [3.63, 3.8) is 0 Å². The number of carbonyl (C=O) groups is 1. The second-order valence-corrected chi connectivity index (χ2v) is 8.80. The summed E-state index contributed by atoms with van der Waals surface area (Å²) in [4.78, 5) is 14.3. The summed E-state index contributed by atoms with van der Waals surface area (Å²) >= 11 is 6.12. The number of aliphatic carboxylic acids is 1. The first-order valence-electron chi connectivity index (χ1n) is 10.4. The maximum absolute atomic E-state index is 9.00. The van der Waals surface area contributed by atoms with Crippen LogP contribution in [0.4, 0.5) is 0 Å². The van der Waals surface area contributed by atoms with Crippen molar-refractivity contribution in [1.82, 2.24) is 9.80 Å². The van der Waals surface area contributed by atoms with E-state index >= 15 is 0 Å². The molecule has 3 aliphatic heterocycles. The number of hydrogen-bond acceptors (Lipinski definition) is 5. The average molecular weight is 421 g/mol. The fourth-order valence-electron chi connectivity index (χ4n) is 4.54. The van der Waals surface area contributed by atoms with E-state index in [1.54, 1.807) is 0 Å². The molecule has 158 valence electrons. The summed E-state index contributed by atoms with van der Waals surface area (Å²) in [5.74, 6) is 0.996. The predicted octanol–water partition coefficient (Wildman–Crippen LogP) is 3.00. The Hall–Kier alpha value is -1.60. The molecule has 0 bridgehead atoms. The van der Waals surface area contributed by atoms with E-state index in [1.807, 2.05) is 18.2 Å². The first-order chi connectivity index (χ1) is 14.0. The minimum atomic E-state index is -0.833. The number of rotatable bonds is 3. The summed E-state index contributed by atoms with van der Waals surface area (Å²) in [5.41, 5.74) is 2.43. The van der Waals surface area contributed by atoms with Crippen LogP contribution in [-0.2, 0) is 9.53 Å². The molecule has 1 saturated carbocycles. The molecule has 0 spiro atoms. The highest BCUT2D eigenvalue weighted by Crippen LogP contribution is 2.38. The van der Waals surface area contributed by atoms with Gasteiger partial charge in [-0.05, 0) is 48.6 Å². The zero-order valence-corrected chi connectivity index (χ0v) is 17.6. The van der Waals surface area contributed by atoms with Crippen LogP contribution < -0.4 is 4.74 Å². The molecule has 7 heteroatoms. The Morgan fingerprint density at radius 1 is 1.28 bits per heavy atom. The quantitative estimate of drug-likeness (QED) is 0.811. The van der Waals surface area contributed by atoms with E-state index in [1.165, 1.54) is 25.0 Å². The molecular weight excluding hydrogens is 392 g/mol. The topological polar surface area (TPSA) is 62.2 Å². The Morgan fingerprint density at radius 3 is 2.83 bits per heavy atom. The second kappa shape index (κ2) is 9.04. The highest BCUT2D eigenvalue weighted by Gasteiger charge is 2.42. The highest BCUT2D eigenvalue weighted by atomic mass is 35.5. The van der Waals surface area contributed by atoms with Gasteiger partial charge in [0.05, 0.1) is 13.2 Å². The van der Waals surface area contributed by atoms with Crippen LogP contribution in [0.25, 0.3) is 6.08 Å². The van der Waals surface area contributed by atoms with Crippen molar-refractivity contribution in [3.8, 4) is 5.75 Å². The molecule has 0 unspecified atom stereocenters. The molecule has 1 N–H and O–H groups in total. The van der Waals surface area contributed by atoms with Crippen molar-refractivity contribution in [1.29, 1.82) is 0 Å². The molecule has 0 aromatic heterocycles. The number of carboxylic acids is 1. The molecule has 1 aliphatic carbocycles. The third-order valence-corrected chi connectivity index (χ3v) is 6.21. The lowest BCUT2D eigenvalue weighted by atomic mass is 10.0. The fraction of sp³-hybridized carbons (Fsp3) is 0.591. The maximum atomic E-state index is 9.00. The van der Waals surface area contributed by atoms with E-state index < -0.39 is 5.97 Å². The predicted molar refractivity (Wildman–Crippen MR) is 112 cm³/mol. The number of piperazine rings is 1. The van der Waals surface area contributed by atoms with Gasteiger partial charge in [-0.25, -0.2) is 0 Å². The highest BCUT2D eigenvalue weighted by molar-refractivity contribution is 6.30. The number of ether oxygens (including phenoxy) is 2. The van der Waals surface area contributed by atoms with Gasteiger partial charge in [-0.1, -0.05) is 11.6 Å². The fourth-order valence-corrected chi connectivity index (χ4v) is 4.73. The smallest absolute Gasteiger partial charge is 0.300 e. The summed E-state index contributed by atoms with van der Waals surface area (Å²) < 4.78 is 11.8. The number of nitrogens with zero attached hydrogens (tertiary/aromatic N) is 2. The molecule has 2 atom stereocenters. The Balaban J connectivity index is 0.000000472. The standard InChI is InChI=1S/C20H25ClN2O2.C2H4O2/c21-17-3-4-20-16(8-17)7-14(11-25-20)9-22-5-6-23-18(10-22)12-24-13-19(23)15-1-2-15;1-2(3)4/h3-4,7-8,15,18-19H,1-2,5-6,9-13H2;1H3,(H,3,4)/t18-,19-;/m1./s1. The van der Waals surface area contributed by atoms with Gasteiger partial charge in [0.25, 0.3) is 5.97 Å². The lowest BCUT2D eigenvalue weighted by Gasteiger charge is -2.48. The van der Waals surface area contributed by atoms with Gasteiger partial charge < -0.3 is 14.6 Å². The van der Waals surface area contributed by atoms with Crippen molar-refractivity contribution in [2.75, 3.05) is 46.0 Å². The van der Waals surface area contributed by atoms with E-state index in [9.17, 15) is 0 Å². The summed E-state index contributed by atoms with van der Waals surface area (Å²) in [5, 5.41) is 8.18. The lowest BCUT2D eigenvalue weighted by molar-refractivity contribution is -0.134. The number of carboxylic acid groups (broad SMARTS) is 1. The molecule has 3 heterocycles. The van der Waals surface area contributed by atoms with Crippen LogP contribution in [0.3, 0.4) is 0 Å². The Labute approximate surface area is 177 Å². The lowest BCUT2D eigenvalue weighted by Crippen LogP contribution is -2.62. The van der Waals surface area contributed by atoms with E-state index in [2.05, 4.69) is 15.9 Å². The largest absolute Gasteiger partial charge is 0.489 e. The van der Waals surface area contributed by atoms with Crippen LogP contribution in [0.1, 0.15) is 25.3 Å². The SMILES string of the molecule is CC(=O)O.Clc1ccc2c(c1)C=C(CN1CCN3[C@@H](COC[C@@H]3C3CC3)C1)CO2. The van der Waals surface area contributed by atoms with Gasteiger partial charge in [0, 0.05) is 55.8 Å². The molecule has 5 rings (SSSR count). The minimum Gasteiger partial charge on any atom is -0.489 e. The number of fused-ring (bicyclic) bond motifs is 2. The van der Waals surface area contributed by atoms with Gasteiger partial charge in [0.1, 0.15) is 12.4 Å². The molecule has 1 aromatic carbocycles. The zero-order valence-electron chi connectivity index (χ0n) is 16.8. The van der Waals surface area contributed by atoms with Crippen LogP contribution in [0, 0.1) is 5.92 Å². The number of morpholine rings is 1.